The van der Waals surface area contributed by atoms with E-state index in [4.69, 9.17) is 4.74 Å². The van der Waals surface area contributed by atoms with Crippen molar-refractivity contribution in [3.63, 3.8) is 0 Å². The zero-order valence-corrected chi connectivity index (χ0v) is 14.2. The molecule has 0 saturated carbocycles. The summed E-state index contributed by atoms with van der Waals surface area (Å²) < 4.78 is 74.4. The van der Waals surface area contributed by atoms with Gasteiger partial charge in [-0.1, -0.05) is 0 Å². The monoisotopic (exact) mass is 401 g/mol. The molecule has 11 heteroatoms. The van der Waals surface area contributed by atoms with Gasteiger partial charge in [0.1, 0.15) is 11.3 Å². The first-order valence-corrected chi connectivity index (χ1v) is 7.89. The Morgan fingerprint density at radius 3 is 2.46 bits per heavy atom. The van der Waals surface area contributed by atoms with E-state index in [0.717, 1.165) is 12.3 Å². The molecule has 1 aromatic carbocycles. The number of benzene rings is 1. The molecule has 0 atom stereocenters. The van der Waals surface area contributed by atoms with Crippen molar-refractivity contribution < 1.29 is 36.2 Å². The van der Waals surface area contributed by atoms with Gasteiger partial charge in [0.25, 0.3) is 0 Å². The minimum absolute atomic E-state index is 0.0214. The first kappa shape index (κ1) is 19.5. The van der Waals surface area contributed by atoms with Gasteiger partial charge in [-0.3, -0.25) is 0 Å². The molecule has 0 amide bonds. The van der Waals surface area contributed by atoms with Crippen molar-refractivity contribution >= 4 is 11.6 Å². The van der Waals surface area contributed by atoms with Crippen molar-refractivity contribution in [1.29, 1.82) is 0 Å². The van der Waals surface area contributed by atoms with Crippen LogP contribution in [0.2, 0.25) is 0 Å². The normalized spacial score (nSPS) is 11.8. The minimum Gasteiger partial charge on any atom is -0.462 e. The largest absolute Gasteiger partial charge is 0.462 e. The van der Waals surface area contributed by atoms with E-state index in [1.807, 2.05) is 0 Å². The van der Waals surface area contributed by atoms with Gasteiger partial charge in [-0.25, -0.2) is 14.3 Å². The molecule has 28 heavy (non-hydrogen) atoms. The van der Waals surface area contributed by atoms with Gasteiger partial charge in [-0.2, -0.15) is 27.1 Å². The van der Waals surface area contributed by atoms with Crippen LogP contribution in [0.5, 0.6) is 5.75 Å². The molecule has 2 aromatic heterocycles. The summed E-state index contributed by atoms with van der Waals surface area (Å²) in [6.45, 7) is -1.46. The first-order chi connectivity index (χ1) is 13.2. The van der Waals surface area contributed by atoms with Crippen LogP contribution in [0.1, 0.15) is 23.0 Å². The average Bonchev–Trinajstić information content (AvgIpc) is 3.04. The van der Waals surface area contributed by atoms with E-state index >= 15 is 0 Å². The molecule has 0 radical (unpaired) electrons. The Morgan fingerprint density at radius 1 is 1.21 bits per heavy atom. The fourth-order valence-corrected chi connectivity index (χ4v) is 2.47. The molecule has 0 aliphatic carbocycles. The van der Waals surface area contributed by atoms with E-state index in [0.29, 0.717) is 4.52 Å². The molecule has 0 aliphatic rings. The number of fused-ring (bicyclic) bond motifs is 1. The van der Waals surface area contributed by atoms with Crippen LogP contribution in [0.15, 0.2) is 36.5 Å². The quantitative estimate of drug-likeness (QED) is 0.474. The van der Waals surface area contributed by atoms with Crippen LogP contribution in [-0.4, -0.2) is 33.8 Å². The summed E-state index contributed by atoms with van der Waals surface area (Å²) in [5, 5.41) is 3.60. The van der Waals surface area contributed by atoms with Crippen LogP contribution in [-0.2, 0) is 10.9 Å². The zero-order valence-electron chi connectivity index (χ0n) is 14.2. The van der Waals surface area contributed by atoms with Crippen LogP contribution in [0.3, 0.4) is 0 Å². The van der Waals surface area contributed by atoms with Crippen molar-refractivity contribution in [2.45, 2.75) is 19.7 Å². The van der Waals surface area contributed by atoms with E-state index in [9.17, 15) is 26.7 Å². The molecule has 0 aliphatic heterocycles. The topological polar surface area (TPSA) is 65.7 Å². The lowest BCUT2D eigenvalue weighted by molar-refractivity contribution is -0.142. The number of esters is 1. The molecular formula is C17H12F5N3O3. The van der Waals surface area contributed by atoms with Crippen LogP contribution < -0.4 is 4.74 Å². The molecule has 6 nitrogen and oxygen atoms in total. The molecular weight excluding hydrogens is 389 g/mol. The Kier molecular flexibility index (Phi) is 5.16. The van der Waals surface area contributed by atoms with Gasteiger partial charge in [0.05, 0.1) is 18.5 Å². The standard InChI is InChI=1S/C17H12F5N3O3/c1-2-27-15(26)11-8-23-25-13(17(20,21)22)7-12(24-14(11)25)9-3-5-10(6-4-9)28-16(18)19/h3-8,16H,2H2,1H3. The Morgan fingerprint density at radius 2 is 1.89 bits per heavy atom. The maximum atomic E-state index is 13.5. The van der Waals surface area contributed by atoms with Crippen molar-refractivity contribution in [2.24, 2.45) is 0 Å². The van der Waals surface area contributed by atoms with Gasteiger partial charge in [0, 0.05) is 5.56 Å². The number of carbonyl (C=O) groups is 1. The number of rotatable bonds is 5. The lowest BCUT2D eigenvalue weighted by Gasteiger charge is -2.12. The number of aromatic nitrogens is 3. The Labute approximate surface area is 154 Å². The molecule has 3 rings (SSSR count). The van der Waals surface area contributed by atoms with Crippen molar-refractivity contribution in [2.75, 3.05) is 6.61 Å². The maximum absolute atomic E-state index is 13.5. The van der Waals surface area contributed by atoms with Gasteiger partial charge >= 0.3 is 18.8 Å². The highest BCUT2D eigenvalue weighted by Gasteiger charge is 2.36. The predicted molar refractivity (Wildman–Crippen MR) is 86.0 cm³/mol. The second-order valence-corrected chi connectivity index (χ2v) is 5.44. The lowest BCUT2D eigenvalue weighted by atomic mass is 10.1. The van der Waals surface area contributed by atoms with E-state index in [2.05, 4.69) is 14.8 Å². The summed E-state index contributed by atoms with van der Waals surface area (Å²) in [5.41, 5.74) is -1.65. The third kappa shape index (κ3) is 3.87. The summed E-state index contributed by atoms with van der Waals surface area (Å²) >= 11 is 0. The van der Waals surface area contributed by atoms with E-state index in [1.54, 1.807) is 6.92 Å². The first-order valence-electron chi connectivity index (χ1n) is 7.89. The highest BCUT2D eigenvalue weighted by atomic mass is 19.4. The van der Waals surface area contributed by atoms with Crippen molar-refractivity contribution in [3.05, 3.63) is 47.8 Å². The Balaban J connectivity index is 2.14. The smallest absolute Gasteiger partial charge is 0.433 e. The number of alkyl halides is 5. The molecule has 3 aromatic rings. The number of hydrogen-bond acceptors (Lipinski definition) is 5. The zero-order chi connectivity index (χ0) is 20.5. The van der Waals surface area contributed by atoms with Gasteiger partial charge in [-0.15, -0.1) is 0 Å². The number of hydrogen-bond donors (Lipinski definition) is 0. The molecule has 0 unspecified atom stereocenters. The summed E-state index contributed by atoms with van der Waals surface area (Å²) in [4.78, 5) is 16.1. The van der Waals surface area contributed by atoms with Crippen LogP contribution in [0, 0.1) is 0 Å². The summed E-state index contributed by atoms with van der Waals surface area (Å²) in [6.07, 6.45) is -3.84. The molecule has 2 heterocycles. The lowest BCUT2D eigenvalue weighted by Crippen LogP contribution is -2.14. The average molecular weight is 401 g/mol. The number of nitrogens with zero attached hydrogens (tertiary/aromatic N) is 3. The second kappa shape index (κ2) is 7.41. The molecule has 0 spiro atoms. The predicted octanol–water partition coefficient (Wildman–Crippen LogP) is 4.19. The molecule has 0 fully saturated rings. The highest BCUT2D eigenvalue weighted by Crippen LogP contribution is 2.33. The minimum atomic E-state index is -4.79. The highest BCUT2D eigenvalue weighted by molar-refractivity contribution is 5.96. The van der Waals surface area contributed by atoms with E-state index < -0.39 is 24.5 Å². The maximum Gasteiger partial charge on any atom is 0.433 e. The Bertz CT molecular complexity index is 1000. The third-order valence-corrected chi connectivity index (χ3v) is 3.63. The van der Waals surface area contributed by atoms with Crippen LogP contribution in [0.4, 0.5) is 22.0 Å². The number of ether oxygens (including phenoxy) is 2. The number of carbonyl (C=O) groups excluding carboxylic acids is 1. The van der Waals surface area contributed by atoms with Crippen molar-refractivity contribution in [3.8, 4) is 17.0 Å². The Hall–Kier alpha value is -3.24. The van der Waals surface area contributed by atoms with E-state index in [-0.39, 0.29) is 34.8 Å². The van der Waals surface area contributed by atoms with Gasteiger partial charge < -0.3 is 9.47 Å². The van der Waals surface area contributed by atoms with Gasteiger partial charge in [-0.05, 0) is 37.3 Å². The van der Waals surface area contributed by atoms with Crippen LogP contribution >= 0.6 is 0 Å². The summed E-state index contributed by atoms with van der Waals surface area (Å²) in [5.74, 6) is -1.02. The second-order valence-electron chi connectivity index (χ2n) is 5.44. The van der Waals surface area contributed by atoms with Crippen LogP contribution in [0.25, 0.3) is 16.9 Å². The van der Waals surface area contributed by atoms with Gasteiger partial charge in [0.15, 0.2) is 11.3 Å². The van der Waals surface area contributed by atoms with Crippen molar-refractivity contribution in [1.82, 2.24) is 14.6 Å². The number of halogens is 5. The summed E-state index contributed by atoms with van der Waals surface area (Å²) in [7, 11) is 0. The fourth-order valence-electron chi connectivity index (χ4n) is 2.47. The third-order valence-electron chi connectivity index (χ3n) is 3.63. The molecule has 0 bridgehead atoms. The molecule has 0 N–H and O–H groups in total. The fraction of sp³-hybridized carbons (Fsp3) is 0.235. The SMILES string of the molecule is CCOC(=O)c1cnn2c(C(F)(F)F)cc(-c3ccc(OC(F)F)cc3)nc12. The molecule has 148 valence electrons. The van der Waals surface area contributed by atoms with E-state index in [1.165, 1.54) is 24.3 Å². The summed E-state index contributed by atoms with van der Waals surface area (Å²) in [6, 6.07) is 5.64. The van der Waals surface area contributed by atoms with Gasteiger partial charge in [0.2, 0.25) is 0 Å². The molecule has 0 saturated heterocycles.